The Kier molecular flexibility index (Phi) is 6.08. The standard InChI is InChI=1S/C33H35FN6O2/c34-25-14-20-2-4-29(40-18-33(19-40)9-1-10-33)23(20)15-24(25)27-16-28(31-26(37-27)6-11-35-32(31)42)38-30-5-3-21(17-36-30)39-12-7-22(41)8-13-39/h3,5-6,11,14-17,22,29,41H,1-2,4,7-10,12-13,18-19H2,(H,35,42)(H,36,37,38). The molecule has 1 aromatic carbocycles. The number of aromatic nitrogens is 3. The Bertz CT molecular complexity index is 1720. The molecule has 3 N–H and O–H groups in total. The molecular formula is C33H35FN6O2. The molecular weight excluding hydrogens is 531 g/mol. The number of fused-ring (bicyclic) bond motifs is 2. The van der Waals surface area contributed by atoms with Gasteiger partial charge < -0.3 is 20.3 Å². The van der Waals surface area contributed by atoms with Crippen LogP contribution in [0.25, 0.3) is 22.2 Å². The molecule has 5 heterocycles. The van der Waals surface area contributed by atoms with Gasteiger partial charge in [0, 0.05) is 44.0 Å². The van der Waals surface area contributed by atoms with Gasteiger partial charge in [-0.25, -0.2) is 14.4 Å². The van der Waals surface area contributed by atoms with Crippen molar-refractivity contribution in [1.29, 1.82) is 0 Å². The van der Waals surface area contributed by atoms with E-state index in [9.17, 15) is 9.90 Å². The van der Waals surface area contributed by atoms with Gasteiger partial charge in [-0.05, 0) is 91.5 Å². The third-order valence-corrected chi connectivity index (χ3v) is 10.1. The van der Waals surface area contributed by atoms with Crippen molar-refractivity contribution < 1.29 is 9.50 Å². The molecule has 0 bridgehead atoms. The van der Waals surface area contributed by atoms with Gasteiger partial charge in [-0.1, -0.05) is 6.42 Å². The summed E-state index contributed by atoms with van der Waals surface area (Å²) in [6.45, 7) is 3.88. The maximum absolute atomic E-state index is 15.7. The minimum Gasteiger partial charge on any atom is -0.393 e. The largest absolute Gasteiger partial charge is 0.393 e. The zero-order valence-electron chi connectivity index (χ0n) is 23.6. The van der Waals surface area contributed by atoms with E-state index in [1.165, 1.54) is 24.8 Å². The molecule has 1 atom stereocenters. The predicted molar refractivity (Wildman–Crippen MR) is 162 cm³/mol. The van der Waals surface area contributed by atoms with Gasteiger partial charge in [0.15, 0.2) is 0 Å². The first-order valence-electron chi connectivity index (χ1n) is 15.2. The number of halogens is 1. The first-order valence-corrected chi connectivity index (χ1v) is 15.2. The molecule has 0 amide bonds. The number of likely N-dealkylation sites (tertiary alicyclic amines) is 1. The predicted octanol–water partition coefficient (Wildman–Crippen LogP) is 5.30. The van der Waals surface area contributed by atoms with Gasteiger partial charge >= 0.3 is 0 Å². The number of nitrogens with zero attached hydrogens (tertiary/aromatic N) is 4. The molecule has 4 aromatic rings. The Morgan fingerprint density at radius 1 is 1.07 bits per heavy atom. The molecule has 4 aliphatic rings. The van der Waals surface area contributed by atoms with Crippen LogP contribution >= 0.6 is 0 Å². The Labute approximate surface area is 243 Å². The first-order chi connectivity index (χ1) is 20.4. The average molecular weight is 567 g/mol. The van der Waals surface area contributed by atoms with Gasteiger partial charge in [-0.2, -0.15) is 0 Å². The lowest BCUT2D eigenvalue weighted by Gasteiger charge is -2.58. The number of nitrogens with one attached hydrogen (secondary N) is 2. The van der Waals surface area contributed by atoms with Crippen LogP contribution in [-0.2, 0) is 6.42 Å². The number of piperidine rings is 1. The fourth-order valence-electron chi connectivity index (χ4n) is 7.55. The summed E-state index contributed by atoms with van der Waals surface area (Å²) in [4.78, 5) is 29.8. The van der Waals surface area contributed by atoms with Crippen molar-refractivity contribution >= 4 is 28.1 Å². The average Bonchev–Trinajstić information content (AvgIpc) is 3.34. The Morgan fingerprint density at radius 2 is 1.90 bits per heavy atom. The molecule has 3 fully saturated rings. The lowest BCUT2D eigenvalue weighted by Crippen LogP contribution is -2.60. The monoisotopic (exact) mass is 566 g/mol. The van der Waals surface area contributed by atoms with Gasteiger partial charge in [-0.15, -0.1) is 0 Å². The van der Waals surface area contributed by atoms with Crippen LogP contribution in [0.2, 0.25) is 0 Å². The highest BCUT2D eigenvalue weighted by atomic mass is 19.1. The van der Waals surface area contributed by atoms with Crippen molar-refractivity contribution in [2.75, 3.05) is 36.4 Å². The van der Waals surface area contributed by atoms with E-state index in [2.05, 4.69) is 25.1 Å². The van der Waals surface area contributed by atoms with Gasteiger partial charge in [0.2, 0.25) is 0 Å². The van der Waals surface area contributed by atoms with Crippen LogP contribution in [0, 0.1) is 11.2 Å². The number of aromatic amines is 1. The summed E-state index contributed by atoms with van der Waals surface area (Å²) in [6.07, 6.45) is 10.6. The second kappa shape index (κ2) is 9.88. The maximum atomic E-state index is 15.7. The second-order valence-electron chi connectivity index (χ2n) is 12.7. The number of hydrogen-bond acceptors (Lipinski definition) is 7. The summed E-state index contributed by atoms with van der Waals surface area (Å²) in [5, 5.41) is 13.5. The van der Waals surface area contributed by atoms with Crippen LogP contribution in [0.5, 0.6) is 0 Å². The molecule has 2 aliphatic carbocycles. The van der Waals surface area contributed by atoms with Crippen LogP contribution in [0.15, 0.2) is 53.6 Å². The lowest BCUT2D eigenvalue weighted by molar-refractivity contribution is -0.0837. The molecule has 8 rings (SSSR count). The molecule has 9 heteroatoms. The Hall–Kier alpha value is -3.82. The number of rotatable bonds is 5. The third kappa shape index (κ3) is 4.37. The molecule has 216 valence electrons. The number of aryl methyl sites for hydroxylation is 1. The molecule has 2 saturated heterocycles. The van der Waals surface area contributed by atoms with E-state index in [0.717, 1.165) is 63.1 Å². The maximum Gasteiger partial charge on any atom is 0.259 e. The number of pyridine rings is 3. The van der Waals surface area contributed by atoms with E-state index in [4.69, 9.17) is 4.98 Å². The summed E-state index contributed by atoms with van der Waals surface area (Å²) in [5.41, 5.74) is 5.55. The molecule has 8 nitrogen and oxygen atoms in total. The van der Waals surface area contributed by atoms with Crippen molar-refractivity contribution in [1.82, 2.24) is 19.9 Å². The highest BCUT2D eigenvalue weighted by Gasteiger charge is 2.50. The fourth-order valence-corrected chi connectivity index (χ4v) is 7.55. The van der Waals surface area contributed by atoms with Crippen LogP contribution in [-0.4, -0.2) is 57.2 Å². The summed E-state index contributed by atoms with van der Waals surface area (Å²) >= 11 is 0. The van der Waals surface area contributed by atoms with E-state index >= 15 is 4.39 Å². The third-order valence-electron chi connectivity index (χ3n) is 10.1. The summed E-state index contributed by atoms with van der Waals surface area (Å²) < 4.78 is 15.7. The molecule has 2 aliphatic heterocycles. The van der Waals surface area contributed by atoms with E-state index < -0.39 is 0 Å². The van der Waals surface area contributed by atoms with Gasteiger partial charge in [-0.3, -0.25) is 9.69 Å². The normalized spacial score (nSPS) is 21.8. The van der Waals surface area contributed by atoms with Crippen molar-refractivity contribution in [2.24, 2.45) is 5.41 Å². The highest BCUT2D eigenvalue weighted by molar-refractivity contribution is 5.94. The zero-order chi connectivity index (χ0) is 28.4. The van der Waals surface area contributed by atoms with Gasteiger partial charge in [0.05, 0.1) is 40.3 Å². The Balaban J connectivity index is 1.12. The minimum absolute atomic E-state index is 0.237. The number of hydrogen-bond donors (Lipinski definition) is 3. The number of aliphatic hydroxyl groups is 1. The topological polar surface area (TPSA) is 97.4 Å². The molecule has 1 spiro atoms. The molecule has 0 radical (unpaired) electrons. The highest BCUT2D eigenvalue weighted by Crippen LogP contribution is 2.53. The molecule has 1 unspecified atom stereocenters. The van der Waals surface area contributed by atoms with E-state index in [-0.39, 0.29) is 17.5 Å². The van der Waals surface area contributed by atoms with E-state index in [0.29, 0.717) is 45.1 Å². The van der Waals surface area contributed by atoms with Crippen LogP contribution in [0.1, 0.15) is 55.7 Å². The number of H-pyrrole nitrogens is 1. The van der Waals surface area contributed by atoms with Crippen LogP contribution in [0.3, 0.4) is 0 Å². The number of aliphatic hydroxyl groups excluding tert-OH is 1. The van der Waals surface area contributed by atoms with Crippen molar-refractivity contribution in [3.63, 3.8) is 0 Å². The smallest absolute Gasteiger partial charge is 0.259 e. The van der Waals surface area contributed by atoms with E-state index in [1.807, 2.05) is 18.2 Å². The van der Waals surface area contributed by atoms with Crippen LogP contribution < -0.4 is 15.8 Å². The number of anilines is 3. The Morgan fingerprint density at radius 3 is 2.64 bits per heavy atom. The van der Waals surface area contributed by atoms with Gasteiger partial charge in [0.25, 0.3) is 5.56 Å². The number of benzene rings is 1. The lowest BCUT2D eigenvalue weighted by atomic mass is 9.63. The molecule has 42 heavy (non-hydrogen) atoms. The SMILES string of the molecule is O=c1[nH]ccc2nc(-c3cc4c(cc3F)CCC4N3CC4(CCC4)C3)cc(Nc3ccc(N4CCC(O)CC4)cn3)c12. The molecule has 1 saturated carbocycles. The summed E-state index contributed by atoms with van der Waals surface area (Å²) in [7, 11) is 0. The van der Waals surface area contributed by atoms with Gasteiger partial charge in [0.1, 0.15) is 11.6 Å². The summed E-state index contributed by atoms with van der Waals surface area (Å²) in [5.74, 6) is 0.292. The second-order valence-corrected chi connectivity index (χ2v) is 12.7. The molecule has 3 aromatic heterocycles. The fraction of sp³-hybridized carbons (Fsp3) is 0.424. The summed E-state index contributed by atoms with van der Waals surface area (Å²) in [6, 6.07) is 11.4. The minimum atomic E-state index is -0.287. The van der Waals surface area contributed by atoms with E-state index in [1.54, 1.807) is 30.6 Å². The van der Waals surface area contributed by atoms with Crippen LogP contribution in [0.4, 0.5) is 21.6 Å². The van der Waals surface area contributed by atoms with Crippen molar-refractivity contribution in [3.8, 4) is 11.3 Å². The zero-order valence-corrected chi connectivity index (χ0v) is 23.6. The quantitative estimate of drug-likeness (QED) is 0.302. The first kappa shape index (κ1) is 25.9. The van der Waals surface area contributed by atoms with Crippen molar-refractivity contribution in [3.05, 3.63) is 76.1 Å². The van der Waals surface area contributed by atoms with Crippen molar-refractivity contribution in [2.45, 2.75) is 57.1 Å².